The van der Waals surface area contributed by atoms with Gasteiger partial charge in [-0.2, -0.15) is 5.10 Å². The topological polar surface area (TPSA) is 59.5 Å². The van der Waals surface area contributed by atoms with Crippen LogP contribution in [0.2, 0.25) is 0 Å². The van der Waals surface area contributed by atoms with Crippen molar-refractivity contribution in [2.75, 3.05) is 20.1 Å². The average molecular weight is 259 g/mol. The van der Waals surface area contributed by atoms with Crippen LogP contribution < -0.4 is 5.73 Å². The van der Waals surface area contributed by atoms with Crippen LogP contribution in [0.25, 0.3) is 5.65 Å². The van der Waals surface area contributed by atoms with Crippen LogP contribution in [0.15, 0.2) is 18.3 Å². The third kappa shape index (κ3) is 2.62. The summed E-state index contributed by atoms with van der Waals surface area (Å²) in [6, 6.07) is 3.99. The molecule has 0 radical (unpaired) electrons. The van der Waals surface area contributed by atoms with Crippen molar-refractivity contribution in [2.45, 2.75) is 25.8 Å². The Morgan fingerprint density at radius 3 is 3.16 bits per heavy atom. The van der Waals surface area contributed by atoms with Gasteiger partial charge in [0, 0.05) is 31.3 Å². The summed E-state index contributed by atoms with van der Waals surface area (Å²) in [6.07, 6.45) is 5.47. The third-order valence-electron chi connectivity index (χ3n) is 3.90. The summed E-state index contributed by atoms with van der Waals surface area (Å²) < 4.78 is 1.85. The Balaban J connectivity index is 1.81. The molecule has 1 aliphatic rings. The molecule has 0 aliphatic carbocycles. The number of aromatic nitrogens is 3. The number of hydrogen-bond acceptors (Lipinski definition) is 4. The van der Waals surface area contributed by atoms with Crippen LogP contribution in [0.4, 0.5) is 0 Å². The summed E-state index contributed by atoms with van der Waals surface area (Å²) in [4.78, 5) is 7.05. The van der Waals surface area contributed by atoms with Gasteiger partial charge in [-0.15, -0.1) is 0 Å². The van der Waals surface area contributed by atoms with E-state index in [1.54, 1.807) is 0 Å². The summed E-state index contributed by atoms with van der Waals surface area (Å²) in [5.74, 6) is 1.62. The summed E-state index contributed by atoms with van der Waals surface area (Å²) in [5, 5.41) is 4.57. The van der Waals surface area contributed by atoms with E-state index in [0.717, 1.165) is 30.0 Å². The van der Waals surface area contributed by atoms with E-state index in [1.807, 2.05) is 22.8 Å². The molecule has 2 aromatic rings. The molecule has 1 fully saturated rings. The van der Waals surface area contributed by atoms with E-state index in [2.05, 4.69) is 22.0 Å². The molecule has 1 saturated heterocycles. The van der Waals surface area contributed by atoms with Gasteiger partial charge < -0.3 is 10.6 Å². The van der Waals surface area contributed by atoms with E-state index in [1.165, 1.54) is 19.4 Å². The quantitative estimate of drug-likeness (QED) is 0.896. The molecule has 1 unspecified atom stereocenters. The van der Waals surface area contributed by atoms with Crippen molar-refractivity contribution in [1.82, 2.24) is 19.5 Å². The van der Waals surface area contributed by atoms with Crippen molar-refractivity contribution in [1.29, 1.82) is 0 Å². The Labute approximate surface area is 113 Å². The van der Waals surface area contributed by atoms with E-state index >= 15 is 0 Å². The highest BCUT2D eigenvalue weighted by molar-refractivity contribution is 5.46. The molecule has 5 heteroatoms. The van der Waals surface area contributed by atoms with Crippen molar-refractivity contribution in [2.24, 2.45) is 11.7 Å². The number of piperidine rings is 1. The first-order valence-electron chi connectivity index (χ1n) is 6.98. The van der Waals surface area contributed by atoms with Gasteiger partial charge in [0.2, 0.25) is 0 Å². The highest BCUT2D eigenvalue weighted by Gasteiger charge is 2.19. The van der Waals surface area contributed by atoms with Crippen LogP contribution in [0.5, 0.6) is 0 Å². The van der Waals surface area contributed by atoms with Gasteiger partial charge in [-0.1, -0.05) is 6.07 Å². The van der Waals surface area contributed by atoms with Crippen molar-refractivity contribution >= 4 is 5.65 Å². The SMILES string of the molecule is CN1CCCC(Cc2nc3c(CN)cccn3n2)C1. The monoisotopic (exact) mass is 259 g/mol. The maximum Gasteiger partial charge on any atom is 0.160 e. The van der Waals surface area contributed by atoms with Crippen LogP contribution in [0.3, 0.4) is 0 Å². The minimum absolute atomic E-state index is 0.509. The number of nitrogens with zero attached hydrogens (tertiary/aromatic N) is 4. The molecular weight excluding hydrogens is 238 g/mol. The number of hydrogen-bond donors (Lipinski definition) is 1. The Hall–Kier alpha value is -1.46. The fourth-order valence-electron chi connectivity index (χ4n) is 2.95. The van der Waals surface area contributed by atoms with Gasteiger partial charge in [-0.25, -0.2) is 9.50 Å². The summed E-state index contributed by atoms with van der Waals surface area (Å²) in [7, 11) is 2.19. The van der Waals surface area contributed by atoms with Gasteiger partial charge in [0.1, 0.15) is 0 Å². The Morgan fingerprint density at radius 1 is 1.47 bits per heavy atom. The molecule has 3 heterocycles. The van der Waals surface area contributed by atoms with Crippen LogP contribution >= 0.6 is 0 Å². The number of nitrogens with two attached hydrogens (primary N) is 1. The van der Waals surface area contributed by atoms with Gasteiger partial charge in [0.05, 0.1) is 0 Å². The molecule has 0 spiro atoms. The van der Waals surface area contributed by atoms with Gasteiger partial charge in [0.25, 0.3) is 0 Å². The largest absolute Gasteiger partial charge is 0.326 e. The minimum atomic E-state index is 0.509. The first-order chi connectivity index (χ1) is 9.26. The highest BCUT2D eigenvalue weighted by atomic mass is 15.3. The molecule has 1 atom stereocenters. The number of pyridine rings is 1. The zero-order chi connectivity index (χ0) is 13.2. The fraction of sp³-hybridized carbons (Fsp3) is 0.571. The molecular formula is C14H21N5. The predicted octanol–water partition coefficient (Wildman–Crippen LogP) is 1.07. The number of fused-ring (bicyclic) bond motifs is 1. The molecule has 0 amide bonds. The minimum Gasteiger partial charge on any atom is -0.326 e. The average Bonchev–Trinajstić information content (AvgIpc) is 2.80. The molecule has 0 bridgehead atoms. The molecule has 5 nitrogen and oxygen atoms in total. The lowest BCUT2D eigenvalue weighted by Crippen LogP contribution is -2.33. The predicted molar refractivity (Wildman–Crippen MR) is 74.8 cm³/mol. The molecule has 2 aromatic heterocycles. The second-order valence-corrected chi connectivity index (χ2v) is 5.51. The summed E-state index contributed by atoms with van der Waals surface area (Å²) in [5.41, 5.74) is 7.70. The molecule has 3 rings (SSSR count). The summed E-state index contributed by atoms with van der Waals surface area (Å²) >= 11 is 0. The third-order valence-corrected chi connectivity index (χ3v) is 3.90. The van der Waals surface area contributed by atoms with Crippen molar-refractivity contribution in [3.63, 3.8) is 0 Å². The first-order valence-corrected chi connectivity index (χ1v) is 6.98. The first kappa shape index (κ1) is 12.6. The molecule has 2 N–H and O–H groups in total. The highest BCUT2D eigenvalue weighted by Crippen LogP contribution is 2.19. The van der Waals surface area contributed by atoms with Crippen LogP contribution in [-0.4, -0.2) is 39.6 Å². The Kier molecular flexibility index (Phi) is 3.48. The Morgan fingerprint density at radius 2 is 2.37 bits per heavy atom. The lowest BCUT2D eigenvalue weighted by molar-refractivity contribution is 0.207. The van der Waals surface area contributed by atoms with Crippen LogP contribution in [0, 0.1) is 5.92 Å². The zero-order valence-electron chi connectivity index (χ0n) is 11.4. The number of likely N-dealkylation sites (tertiary alicyclic amines) is 1. The maximum atomic E-state index is 5.74. The standard InChI is InChI=1S/C14H21N5/c1-18-6-2-4-11(10-18)8-13-16-14-12(9-15)5-3-7-19(14)17-13/h3,5,7,11H,2,4,6,8-10,15H2,1H3. The Bertz CT molecular complexity index is 562. The van der Waals surface area contributed by atoms with Gasteiger partial charge >= 0.3 is 0 Å². The molecule has 0 saturated carbocycles. The fourth-order valence-corrected chi connectivity index (χ4v) is 2.95. The van der Waals surface area contributed by atoms with Crippen molar-refractivity contribution < 1.29 is 0 Å². The molecule has 0 aromatic carbocycles. The van der Waals surface area contributed by atoms with E-state index in [4.69, 9.17) is 5.73 Å². The lowest BCUT2D eigenvalue weighted by Gasteiger charge is -2.28. The van der Waals surface area contributed by atoms with Crippen molar-refractivity contribution in [3.8, 4) is 0 Å². The van der Waals surface area contributed by atoms with Gasteiger partial charge in [0.15, 0.2) is 11.5 Å². The normalized spacial score (nSPS) is 21.1. The second kappa shape index (κ2) is 5.27. The molecule has 1 aliphatic heterocycles. The van der Waals surface area contributed by atoms with Crippen LogP contribution in [-0.2, 0) is 13.0 Å². The van der Waals surface area contributed by atoms with E-state index in [-0.39, 0.29) is 0 Å². The second-order valence-electron chi connectivity index (χ2n) is 5.51. The van der Waals surface area contributed by atoms with Gasteiger partial charge in [-0.05, 0) is 38.4 Å². The zero-order valence-corrected chi connectivity index (χ0v) is 11.4. The molecule has 19 heavy (non-hydrogen) atoms. The van der Waals surface area contributed by atoms with E-state index < -0.39 is 0 Å². The van der Waals surface area contributed by atoms with Crippen molar-refractivity contribution in [3.05, 3.63) is 29.7 Å². The van der Waals surface area contributed by atoms with Gasteiger partial charge in [-0.3, -0.25) is 0 Å². The smallest absolute Gasteiger partial charge is 0.160 e. The maximum absolute atomic E-state index is 5.74. The summed E-state index contributed by atoms with van der Waals surface area (Å²) in [6.45, 7) is 2.88. The lowest BCUT2D eigenvalue weighted by atomic mass is 9.95. The number of rotatable bonds is 3. The van der Waals surface area contributed by atoms with E-state index in [0.29, 0.717) is 12.5 Å². The molecule has 102 valence electrons. The van der Waals surface area contributed by atoms with E-state index in [9.17, 15) is 0 Å². The van der Waals surface area contributed by atoms with Crippen LogP contribution in [0.1, 0.15) is 24.2 Å².